The minimum atomic E-state index is -0.557. The number of thioether (sulfide) groups is 1. The number of amides is 3. The number of pyridine rings is 1. The van der Waals surface area contributed by atoms with Gasteiger partial charge < -0.3 is 5.32 Å². The molecule has 1 aliphatic carbocycles. The molecule has 0 radical (unpaired) electrons. The van der Waals surface area contributed by atoms with Crippen LogP contribution in [0.4, 0.5) is 0 Å². The van der Waals surface area contributed by atoms with Gasteiger partial charge in [0.1, 0.15) is 6.54 Å². The topological polar surface area (TPSA) is 96.7 Å². The number of nitrogens with zero attached hydrogens (tertiary/aromatic N) is 4. The first-order valence-corrected chi connectivity index (χ1v) is 11.4. The van der Waals surface area contributed by atoms with Crippen LogP contribution in [0, 0.1) is 5.41 Å². The molecule has 0 bridgehead atoms. The quantitative estimate of drug-likeness (QED) is 0.695. The summed E-state index contributed by atoms with van der Waals surface area (Å²) in [7, 11) is 0. The fourth-order valence-electron chi connectivity index (χ4n) is 4.45. The lowest BCUT2D eigenvalue weighted by molar-refractivity contribution is -0.145. The highest BCUT2D eigenvalue weighted by molar-refractivity contribution is 7.98. The van der Waals surface area contributed by atoms with Crippen molar-refractivity contribution in [3.05, 3.63) is 30.2 Å². The summed E-state index contributed by atoms with van der Waals surface area (Å²) in [4.78, 5) is 39.2. The summed E-state index contributed by atoms with van der Waals surface area (Å²) in [5.41, 5.74) is 0.151. The van der Waals surface area contributed by atoms with Crippen LogP contribution < -0.4 is 5.32 Å². The average molecular weight is 416 g/mol. The van der Waals surface area contributed by atoms with E-state index in [1.165, 1.54) is 0 Å². The Morgan fingerprint density at radius 2 is 2.07 bits per heavy atom. The van der Waals surface area contributed by atoms with E-state index in [1.54, 1.807) is 11.8 Å². The molecule has 3 amide bonds. The minimum Gasteiger partial charge on any atom is -0.344 e. The van der Waals surface area contributed by atoms with Gasteiger partial charge in [-0.2, -0.15) is 11.8 Å². The lowest BCUT2D eigenvalue weighted by Crippen LogP contribution is -2.43. The molecule has 154 valence electrons. The summed E-state index contributed by atoms with van der Waals surface area (Å²) in [6.45, 7) is -0.230. The molecule has 0 aromatic carbocycles. The van der Waals surface area contributed by atoms with Crippen LogP contribution >= 0.6 is 11.8 Å². The summed E-state index contributed by atoms with van der Waals surface area (Å²) < 4.78 is 1.85. The van der Waals surface area contributed by atoms with Gasteiger partial charge in [-0.3, -0.25) is 23.7 Å². The second-order valence-corrected chi connectivity index (χ2v) is 8.82. The highest BCUT2D eigenvalue weighted by Crippen LogP contribution is 2.46. The zero-order valence-electron chi connectivity index (χ0n) is 16.5. The predicted molar refractivity (Wildman–Crippen MR) is 109 cm³/mol. The highest BCUT2D eigenvalue weighted by Gasteiger charge is 2.52. The number of rotatable bonds is 7. The van der Waals surface area contributed by atoms with Crippen LogP contribution in [0.3, 0.4) is 0 Å². The van der Waals surface area contributed by atoms with Gasteiger partial charge in [0.25, 0.3) is 0 Å². The van der Waals surface area contributed by atoms with Crippen molar-refractivity contribution in [2.75, 3.05) is 18.6 Å². The van der Waals surface area contributed by atoms with E-state index < -0.39 is 5.41 Å². The number of hydrogen-bond acceptors (Lipinski definition) is 6. The normalized spacial score (nSPS) is 19.4. The number of carbonyl (C=O) groups excluding carboxylic acids is 3. The molecule has 0 unspecified atom stereocenters. The van der Waals surface area contributed by atoms with E-state index in [0.717, 1.165) is 36.3 Å². The molecule has 1 saturated carbocycles. The largest absolute Gasteiger partial charge is 0.344 e. The standard InChI is InChI=1S/C20H25N5O3S/c1-29-11-7-14(18-23-22-15-6-2-5-10-24(15)18)21-16(26)13-25-17(27)12-20(19(25)28)8-3-4-9-20/h2,5-6,10,14H,3-4,7-9,11-13H2,1H3,(H,21,26)/t14-/m0/s1. The third-order valence-electron chi connectivity index (χ3n) is 5.95. The van der Waals surface area contributed by atoms with Crippen molar-refractivity contribution in [2.45, 2.75) is 44.6 Å². The summed E-state index contributed by atoms with van der Waals surface area (Å²) in [5, 5.41) is 11.4. The van der Waals surface area contributed by atoms with Crippen molar-refractivity contribution in [1.82, 2.24) is 24.8 Å². The minimum absolute atomic E-state index is 0.177. The van der Waals surface area contributed by atoms with Gasteiger partial charge in [-0.05, 0) is 43.4 Å². The molecule has 2 aromatic rings. The first-order valence-electron chi connectivity index (χ1n) is 9.97. The maximum absolute atomic E-state index is 12.8. The third-order valence-corrected chi connectivity index (χ3v) is 6.59. The molecule has 2 aromatic heterocycles. The van der Waals surface area contributed by atoms with Gasteiger partial charge in [-0.1, -0.05) is 18.9 Å². The van der Waals surface area contributed by atoms with Crippen molar-refractivity contribution < 1.29 is 14.4 Å². The van der Waals surface area contributed by atoms with Crippen molar-refractivity contribution >= 4 is 35.1 Å². The SMILES string of the molecule is CSCC[C@H](NC(=O)CN1C(=O)CC2(CCCC2)C1=O)c1nnc2ccccn12. The van der Waals surface area contributed by atoms with Gasteiger partial charge >= 0.3 is 0 Å². The molecule has 8 nitrogen and oxygen atoms in total. The Kier molecular flexibility index (Phi) is 5.58. The van der Waals surface area contributed by atoms with Crippen molar-refractivity contribution in [3.8, 4) is 0 Å². The number of hydrogen-bond donors (Lipinski definition) is 1. The van der Waals surface area contributed by atoms with Crippen LogP contribution in [-0.2, 0) is 14.4 Å². The Morgan fingerprint density at radius 1 is 1.28 bits per heavy atom. The lowest BCUT2D eigenvalue weighted by atomic mass is 9.84. The van der Waals surface area contributed by atoms with Gasteiger partial charge in [0, 0.05) is 12.6 Å². The Labute approximate surface area is 173 Å². The number of fused-ring (bicyclic) bond motifs is 1. The second-order valence-electron chi connectivity index (χ2n) is 7.84. The van der Waals surface area contributed by atoms with Crippen molar-refractivity contribution in [2.24, 2.45) is 5.41 Å². The average Bonchev–Trinajstić information content (AvgIpc) is 3.41. The predicted octanol–water partition coefficient (Wildman–Crippen LogP) is 1.96. The van der Waals surface area contributed by atoms with Crippen LogP contribution in [0.15, 0.2) is 24.4 Å². The van der Waals surface area contributed by atoms with E-state index in [9.17, 15) is 14.4 Å². The number of aromatic nitrogens is 3. The fraction of sp³-hybridized carbons (Fsp3) is 0.550. The van der Waals surface area contributed by atoms with Gasteiger partial charge in [-0.15, -0.1) is 10.2 Å². The number of carbonyl (C=O) groups is 3. The smallest absolute Gasteiger partial charge is 0.240 e. The van der Waals surface area contributed by atoms with E-state index in [1.807, 2.05) is 35.1 Å². The molecule has 3 heterocycles. The van der Waals surface area contributed by atoms with E-state index in [4.69, 9.17) is 0 Å². The molecule has 4 rings (SSSR count). The molecule has 1 N–H and O–H groups in total. The van der Waals surface area contributed by atoms with Crippen LogP contribution in [0.1, 0.15) is 50.4 Å². The van der Waals surface area contributed by atoms with E-state index in [0.29, 0.717) is 17.9 Å². The van der Waals surface area contributed by atoms with E-state index in [2.05, 4.69) is 15.5 Å². The summed E-state index contributed by atoms with van der Waals surface area (Å²) >= 11 is 1.68. The number of imide groups is 1. The summed E-state index contributed by atoms with van der Waals surface area (Å²) in [6, 6.07) is 5.27. The Morgan fingerprint density at radius 3 is 2.83 bits per heavy atom. The fourth-order valence-corrected chi connectivity index (χ4v) is 4.92. The van der Waals surface area contributed by atoms with Gasteiger partial charge in [0.15, 0.2) is 11.5 Å². The number of nitrogens with one attached hydrogen (secondary N) is 1. The van der Waals surface area contributed by atoms with E-state index in [-0.39, 0.29) is 36.7 Å². The molecule has 29 heavy (non-hydrogen) atoms. The van der Waals surface area contributed by atoms with E-state index >= 15 is 0 Å². The maximum Gasteiger partial charge on any atom is 0.240 e. The Hall–Kier alpha value is -2.42. The maximum atomic E-state index is 12.8. The van der Waals surface area contributed by atoms with Crippen molar-refractivity contribution in [1.29, 1.82) is 0 Å². The molecule has 2 fully saturated rings. The third kappa shape index (κ3) is 3.75. The van der Waals surface area contributed by atoms with Gasteiger partial charge in [0.05, 0.1) is 11.5 Å². The first kappa shape index (κ1) is 19.9. The second kappa shape index (κ2) is 8.14. The van der Waals surface area contributed by atoms with Crippen molar-refractivity contribution in [3.63, 3.8) is 0 Å². The molecule has 1 aliphatic heterocycles. The zero-order valence-corrected chi connectivity index (χ0v) is 17.3. The van der Waals surface area contributed by atoms with Crippen LogP contribution in [0.2, 0.25) is 0 Å². The van der Waals surface area contributed by atoms with Crippen LogP contribution in [0.25, 0.3) is 5.65 Å². The first-order chi connectivity index (χ1) is 14.0. The van der Waals surface area contributed by atoms with Gasteiger partial charge in [-0.25, -0.2) is 0 Å². The molecule has 9 heteroatoms. The highest BCUT2D eigenvalue weighted by atomic mass is 32.2. The lowest BCUT2D eigenvalue weighted by Gasteiger charge is -2.22. The van der Waals surface area contributed by atoms with Gasteiger partial charge in [0.2, 0.25) is 17.7 Å². The summed E-state index contributed by atoms with van der Waals surface area (Å²) in [5.74, 6) is 0.719. The molecule has 1 atom stereocenters. The molecule has 1 spiro atoms. The Bertz CT molecular complexity index is 937. The molecular formula is C20H25N5O3S. The molecule has 1 saturated heterocycles. The molecule has 2 aliphatic rings. The van der Waals surface area contributed by atoms with Crippen LogP contribution in [0.5, 0.6) is 0 Å². The zero-order chi connectivity index (χ0) is 20.4. The summed E-state index contributed by atoms with van der Waals surface area (Å²) in [6.07, 6.45) is 8.21. The monoisotopic (exact) mass is 415 g/mol. The Balaban J connectivity index is 1.48. The van der Waals surface area contributed by atoms with Crippen LogP contribution in [-0.4, -0.2) is 55.8 Å². The number of likely N-dealkylation sites (tertiary alicyclic amines) is 1. The molecular weight excluding hydrogens is 390 g/mol.